The quantitative estimate of drug-likeness (QED) is 0.726. The first kappa shape index (κ1) is 15.0. The van der Waals surface area contributed by atoms with Crippen LogP contribution in [0.15, 0.2) is 54.6 Å². The zero-order valence-corrected chi connectivity index (χ0v) is 13.1. The lowest BCUT2D eigenvalue weighted by atomic mass is 9.82. The molecule has 0 atom stereocenters. The van der Waals surface area contributed by atoms with Crippen molar-refractivity contribution < 1.29 is 4.79 Å². The lowest BCUT2D eigenvalue weighted by Gasteiger charge is -2.22. The number of hydrogen-bond acceptors (Lipinski definition) is 4. The van der Waals surface area contributed by atoms with Gasteiger partial charge in [-0.3, -0.25) is 4.79 Å². The molecule has 0 aliphatic rings. The summed E-state index contributed by atoms with van der Waals surface area (Å²) >= 11 is 0. The van der Waals surface area contributed by atoms with Gasteiger partial charge >= 0.3 is 0 Å². The third-order valence-corrected chi connectivity index (χ3v) is 3.94. The Morgan fingerprint density at radius 3 is 2.39 bits per heavy atom. The summed E-state index contributed by atoms with van der Waals surface area (Å²) in [6.45, 7) is 4.00. The van der Waals surface area contributed by atoms with Crippen LogP contribution < -0.4 is 5.73 Å². The molecule has 3 rings (SSSR count). The molecule has 0 aliphatic heterocycles. The summed E-state index contributed by atoms with van der Waals surface area (Å²) in [6, 6.07) is 16.8. The fourth-order valence-electron chi connectivity index (χ4n) is 2.49. The first-order valence-electron chi connectivity index (χ1n) is 7.37. The van der Waals surface area contributed by atoms with Crippen molar-refractivity contribution in [3.05, 3.63) is 77.1 Å². The fourth-order valence-corrected chi connectivity index (χ4v) is 2.49. The maximum Gasteiger partial charge on any atom is 0.216 e. The Hall–Kier alpha value is -2.95. The zero-order valence-electron chi connectivity index (χ0n) is 13.1. The minimum atomic E-state index is -0.457. The zero-order chi connectivity index (χ0) is 16.4. The number of aromatic nitrogens is 3. The highest BCUT2D eigenvalue weighted by atomic mass is 16.1. The standard InChI is InChI=1S/C18H18N4O/c1-18(2,16-20-17(19)22-21-16)14-10-6-9-13(11-14)15(23)12-7-4-3-5-8-12/h3-11H,1-2H3,(H3,19,20,21,22). The summed E-state index contributed by atoms with van der Waals surface area (Å²) in [5, 5.41) is 6.81. The second kappa shape index (κ2) is 5.68. The van der Waals surface area contributed by atoms with Crippen LogP contribution in [0, 0.1) is 0 Å². The van der Waals surface area contributed by atoms with Crippen LogP contribution in [0.5, 0.6) is 0 Å². The van der Waals surface area contributed by atoms with Gasteiger partial charge in [0.2, 0.25) is 5.95 Å². The molecule has 3 aromatic rings. The predicted molar refractivity (Wildman–Crippen MR) is 89.2 cm³/mol. The van der Waals surface area contributed by atoms with Crippen LogP contribution >= 0.6 is 0 Å². The number of nitrogen functional groups attached to an aromatic ring is 1. The molecular weight excluding hydrogens is 288 g/mol. The van der Waals surface area contributed by atoms with Crippen molar-refractivity contribution in [2.45, 2.75) is 19.3 Å². The molecule has 1 heterocycles. The number of carbonyl (C=O) groups excluding carboxylic acids is 1. The summed E-state index contributed by atoms with van der Waals surface area (Å²) in [4.78, 5) is 16.8. The van der Waals surface area contributed by atoms with Crippen LogP contribution in [0.3, 0.4) is 0 Å². The summed E-state index contributed by atoms with van der Waals surface area (Å²) in [5.74, 6) is 0.877. The highest BCUT2D eigenvalue weighted by molar-refractivity contribution is 6.09. The van der Waals surface area contributed by atoms with E-state index >= 15 is 0 Å². The molecule has 5 nitrogen and oxygen atoms in total. The van der Waals surface area contributed by atoms with Gasteiger partial charge < -0.3 is 5.73 Å². The highest BCUT2D eigenvalue weighted by Gasteiger charge is 2.28. The van der Waals surface area contributed by atoms with E-state index in [-0.39, 0.29) is 11.7 Å². The SMILES string of the molecule is CC(C)(c1cccc(C(=O)c2ccccc2)c1)c1n[nH]c(N)n1. The number of H-pyrrole nitrogens is 1. The molecular formula is C18H18N4O. The number of hydrogen-bond donors (Lipinski definition) is 2. The van der Waals surface area contributed by atoms with Crippen molar-refractivity contribution in [3.8, 4) is 0 Å². The molecule has 1 aromatic heterocycles. The average Bonchev–Trinajstić information content (AvgIpc) is 3.02. The van der Waals surface area contributed by atoms with E-state index in [9.17, 15) is 4.79 Å². The number of benzene rings is 2. The van der Waals surface area contributed by atoms with Gasteiger partial charge in [-0.25, -0.2) is 5.10 Å². The maximum atomic E-state index is 12.6. The predicted octanol–water partition coefficient (Wildman–Crippen LogP) is 2.94. The van der Waals surface area contributed by atoms with E-state index in [4.69, 9.17) is 5.73 Å². The molecule has 0 radical (unpaired) electrons. The Morgan fingerprint density at radius 1 is 1.04 bits per heavy atom. The van der Waals surface area contributed by atoms with Gasteiger partial charge in [0, 0.05) is 11.1 Å². The number of carbonyl (C=O) groups is 1. The Labute approximate surface area is 134 Å². The number of ketones is 1. The Kier molecular flexibility index (Phi) is 3.70. The third kappa shape index (κ3) is 2.85. The average molecular weight is 306 g/mol. The van der Waals surface area contributed by atoms with Crippen molar-refractivity contribution in [1.82, 2.24) is 15.2 Å². The Bertz CT molecular complexity index is 837. The second-order valence-corrected chi connectivity index (χ2v) is 5.95. The lowest BCUT2D eigenvalue weighted by Crippen LogP contribution is -2.21. The Morgan fingerprint density at radius 2 is 1.74 bits per heavy atom. The number of aromatic amines is 1. The normalized spacial score (nSPS) is 11.4. The minimum Gasteiger partial charge on any atom is -0.368 e. The molecule has 0 fully saturated rings. The van der Waals surface area contributed by atoms with Gasteiger partial charge in [-0.05, 0) is 25.5 Å². The molecule has 3 N–H and O–H groups in total. The topological polar surface area (TPSA) is 84.7 Å². The first-order chi connectivity index (χ1) is 11.0. The van der Waals surface area contributed by atoms with Crippen LogP contribution in [-0.2, 0) is 5.41 Å². The molecule has 2 aromatic carbocycles. The molecule has 0 aliphatic carbocycles. The van der Waals surface area contributed by atoms with Crippen molar-refractivity contribution in [2.75, 3.05) is 5.73 Å². The number of nitrogens with two attached hydrogens (primary N) is 1. The van der Waals surface area contributed by atoms with Gasteiger partial charge in [-0.2, -0.15) is 10.1 Å². The van der Waals surface area contributed by atoms with Gasteiger partial charge in [0.15, 0.2) is 11.6 Å². The van der Waals surface area contributed by atoms with Gasteiger partial charge in [0.1, 0.15) is 0 Å². The van der Waals surface area contributed by atoms with Crippen LogP contribution in [0.2, 0.25) is 0 Å². The van der Waals surface area contributed by atoms with E-state index in [1.165, 1.54) is 0 Å². The smallest absolute Gasteiger partial charge is 0.216 e. The monoisotopic (exact) mass is 306 g/mol. The number of rotatable bonds is 4. The number of nitrogens with one attached hydrogen (secondary N) is 1. The second-order valence-electron chi connectivity index (χ2n) is 5.95. The number of anilines is 1. The highest BCUT2D eigenvalue weighted by Crippen LogP contribution is 2.30. The van der Waals surface area contributed by atoms with Gasteiger partial charge in [-0.15, -0.1) is 0 Å². The fraction of sp³-hybridized carbons (Fsp3) is 0.167. The number of nitrogens with zero attached hydrogens (tertiary/aromatic N) is 2. The molecule has 23 heavy (non-hydrogen) atoms. The molecule has 0 bridgehead atoms. The van der Waals surface area contributed by atoms with Gasteiger partial charge in [-0.1, -0.05) is 48.5 Å². The van der Waals surface area contributed by atoms with Gasteiger partial charge in [0.05, 0.1) is 5.41 Å². The molecule has 0 amide bonds. The first-order valence-corrected chi connectivity index (χ1v) is 7.37. The molecule has 116 valence electrons. The lowest BCUT2D eigenvalue weighted by molar-refractivity contribution is 0.103. The van der Waals surface area contributed by atoms with Crippen LogP contribution in [0.25, 0.3) is 0 Å². The largest absolute Gasteiger partial charge is 0.368 e. The summed E-state index contributed by atoms with van der Waals surface area (Å²) in [5.41, 5.74) is 7.44. The van der Waals surface area contributed by atoms with Crippen molar-refractivity contribution in [3.63, 3.8) is 0 Å². The molecule has 0 unspecified atom stereocenters. The van der Waals surface area contributed by atoms with E-state index < -0.39 is 5.41 Å². The van der Waals surface area contributed by atoms with E-state index in [0.717, 1.165) is 5.56 Å². The summed E-state index contributed by atoms with van der Waals surface area (Å²) in [7, 11) is 0. The Balaban J connectivity index is 1.98. The van der Waals surface area contributed by atoms with E-state index in [0.29, 0.717) is 17.0 Å². The third-order valence-electron chi connectivity index (χ3n) is 3.94. The van der Waals surface area contributed by atoms with Crippen molar-refractivity contribution >= 4 is 11.7 Å². The van der Waals surface area contributed by atoms with Crippen molar-refractivity contribution in [1.29, 1.82) is 0 Å². The molecule has 5 heteroatoms. The summed E-state index contributed by atoms with van der Waals surface area (Å²) < 4.78 is 0. The maximum absolute atomic E-state index is 12.6. The molecule has 0 saturated carbocycles. The van der Waals surface area contributed by atoms with Crippen LogP contribution in [-0.4, -0.2) is 21.0 Å². The van der Waals surface area contributed by atoms with Crippen LogP contribution in [0.4, 0.5) is 5.95 Å². The molecule has 0 spiro atoms. The van der Waals surface area contributed by atoms with Gasteiger partial charge in [0.25, 0.3) is 0 Å². The van der Waals surface area contributed by atoms with E-state index in [1.54, 1.807) is 0 Å². The van der Waals surface area contributed by atoms with Crippen molar-refractivity contribution in [2.24, 2.45) is 0 Å². The molecule has 0 saturated heterocycles. The summed E-state index contributed by atoms with van der Waals surface area (Å²) in [6.07, 6.45) is 0. The van der Waals surface area contributed by atoms with Crippen LogP contribution in [0.1, 0.15) is 41.2 Å². The minimum absolute atomic E-state index is 0.00208. The van der Waals surface area contributed by atoms with E-state index in [1.807, 2.05) is 68.4 Å². The van der Waals surface area contributed by atoms with E-state index in [2.05, 4.69) is 15.2 Å².